The molecule has 2 heteroatoms. The van der Waals surface area contributed by atoms with Crippen molar-refractivity contribution in [1.29, 1.82) is 0 Å². The molecule has 1 rings (SSSR count). The molecule has 60 valence electrons. The topological polar surface area (TPSA) is 15.3 Å². The lowest BCUT2D eigenvalue weighted by Gasteiger charge is -2.11. The van der Waals surface area contributed by atoms with Gasteiger partial charge in [0.25, 0.3) is 0 Å². The second-order valence-electron chi connectivity index (χ2n) is 3.73. The minimum absolute atomic E-state index is 0.741. The van der Waals surface area contributed by atoms with E-state index in [9.17, 15) is 0 Å². The lowest BCUT2D eigenvalue weighted by molar-refractivity contribution is 0.397. The molecule has 2 nitrogen and oxygen atoms in total. The molecular weight excluding hydrogens is 124 g/mol. The average molecular weight is 142 g/mol. The van der Waals surface area contributed by atoms with Crippen LogP contribution in [-0.4, -0.2) is 31.2 Å². The minimum Gasteiger partial charge on any atom is -0.300 e. The fraction of sp³-hybridized carbons (Fsp3) is 1.00. The second-order valence-corrected chi connectivity index (χ2v) is 3.73. The Bertz CT molecular complexity index is 101. The molecule has 0 aromatic rings. The van der Waals surface area contributed by atoms with Gasteiger partial charge in [-0.1, -0.05) is 13.8 Å². The van der Waals surface area contributed by atoms with Crippen molar-refractivity contribution in [2.75, 3.05) is 20.3 Å². The molecule has 0 aromatic heterocycles. The molecule has 0 amide bonds. The van der Waals surface area contributed by atoms with Gasteiger partial charge in [0.15, 0.2) is 0 Å². The van der Waals surface area contributed by atoms with Crippen molar-refractivity contribution < 1.29 is 0 Å². The summed E-state index contributed by atoms with van der Waals surface area (Å²) in [5.74, 6) is 0.823. The molecule has 1 aliphatic rings. The Morgan fingerprint density at radius 2 is 2.30 bits per heavy atom. The first kappa shape index (κ1) is 8.02. The van der Waals surface area contributed by atoms with E-state index in [0.717, 1.165) is 18.6 Å². The molecule has 0 radical (unpaired) electrons. The van der Waals surface area contributed by atoms with Gasteiger partial charge in [0.1, 0.15) is 0 Å². The highest BCUT2D eigenvalue weighted by Gasteiger charge is 2.18. The first-order valence-electron chi connectivity index (χ1n) is 4.10. The van der Waals surface area contributed by atoms with Gasteiger partial charge in [0.2, 0.25) is 0 Å². The SMILES string of the molecule is CC(C)CC1CN(C)CN1. The van der Waals surface area contributed by atoms with Gasteiger partial charge in [-0.25, -0.2) is 0 Å². The van der Waals surface area contributed by atoms with Crippen LogP contribution in [0.4, 0.5) is 0 Å². The molecule has 1 aliphatic heterocycles. The van der Waals surface area contributed by atoms with E-state index < -0.39 is 0 Å². The summed E-state index contributed by atoms with van der Waals surface area (Å²) in [5.41, 5.74) is 0. The van der Waals surface area contributed by atoms with E-state index in [4.69, 9.17) is 0 Å². The van der Waals surface area contributed by atoms with Crippen molar-refractivity contribution in [3.63, 3.8) is 0 Å². The van der Waals surface area contributed by atoms with E-state index in [1.165, 1.54) is 13.0 Å². The maximum atomic E-state index is 3.46. The Labute approximate surface area is 63.6 Å². The summed E-state index contributed by atoms with van der Waals surface area (Å²) in [4.78, 5) is 2.33. The number of nitrogens with one attached hydrogen (secondary N) is 1. The van der Waals surface area contributed by atoms with Gasteiger partial charge in [0.05, 0.1) is 0 Å². The van der Waals surface area contributed by atoms with Crippen molar-refractivity contribution >= 4 is 0 Å². The maximum Gasteiger partial charge on any atom is 0.0480 e. The zero-order chi connectivity index (χ0) is 7.56. The maximum absolute atomic E-state index is 3.46. The van der Waals surface area contributed by atoms with Gasteiger partial charge in [-0.05, 0) is 19.4 Å². The van der Waals surface area contributed by atoms with Gasteiger partial charge in [-0.2, -0.15) is 0 Å². The molecule has 0 aromatic carbocycles. The molecule has 1 heterocycles. The smallest absolute Gasteiger partial charge is 0.0480 e. The molecule has 1 N–H and O–H groups in total. The van der Waals surface area contributed by atoms with E-state index in [0.29, 0.717) is 0 Å². The van der Waals surface area contributed by atoms with E-state index in [1.807, 2.05) is 0 Å². The first-order valence-corrected chi connectivity index (χ1v) is 4.10. The Balaban J connectivity index is 2.18. The van der Waals surface area contributed by atoms with E-state index >= 15 is 0 Å². The highest BCUT2D eigenvalue weighted by Crippen LogP contribution is 2.08. The summed E-state index contributed by atoms with van der Waals surface area (Å²) in [7, 11) is 2.16. The van der Waals surface area contributed by atoms with Gasteiger partial charge < -0.3 is 5.32 Å². The molecule has 0 saturated carbocycles. The third-order valence-corrected chi connectivity index (χ3v) is 1.94. The number of rotatable bonds is 2. The lowest BCUT2D eigenvalue weighted by atomic mass is 10.0. The number of nitrogens with zero attached hydrogens (tertiary/aromatic N) is 1. The predicted molar refractivity (Wildman–Crippen MR) is 43.9 cm³/mol. The van der Waals surface area contributed by atoms with Crippen LogP contribution in [0.2, 0.25) is 0 Å². The van der Waals surface area contributed by atoms with Gasteiger partial charge in [0, 0.05) is 19.3 Å². The second kappa shape index (κ2) is 3.35. The molecule has 0 bridgehead atoms. The Kier molecular flexibility index (Phi) is 2.69. The quantitative estimate of drug-likeness (QED) is 0.616. The van der Waals surface area contributed by atoms with Crippen molar-refractivity contribution in [1.82, 2.24) is 10.2 Å². The summed E-state index contributed by atoms with van der Waals surface area (Å²) in [5, 5.41) is 3.46. The lowest BCUT2D eigenvalue weighted by Crippen LogP contribution is -2.25. The van der Waals surface area contributed by atoms with Crippen LogP contribution >= 0.6 is 0 Å². The molecule has 0 aliphatic carbocycles. The summed E-state index contributed by atoms with van der Waals surface area (Å²) in [6.07, 6.45) is 1.31. The Hall–Kier alpha value is -0.0800. The monoisotopic (exact) mass is 142 g/mol. The van der Waals surface area contributed by atoms with Crippen LogP contribution in [0.3, 0.4) is 0 Å². The zero-order valence-electron chi connectivity index (χ0n) is 7.22. The van der Waals surface area contributed by atoms with Crippen LogP contribution in [0.25, 0.3) is 0 Å². The molecule has 0 spiro atoms. The van der Waals surface area contributed by atoms with Gasteiger partial charge >= 0.3 is 0 Å². The van der Waals surface area contributed by atoms with Crippen LogP contribution in [0.15, 0.2) is 0 Å². The van der Waals surface area contributed by atoms with Crippen LogP contribution < -0.4 is 5.32 Å². The molecular formula is C8H18N2. The highest BCUT2D eigenvalue weighted by molar-refractivity contribution is 4.77. The van der Waals surface area contributed by atoms with E-state index in [-0.39, 0.29) is 0 Å². The van der Waals surface area contributed by atoms with Crippen LogP contribution in [0.1, 0.15) is 20.3 Å². The minimum atomic E-state index is 0.741. The normalized spacial score (nSPS) is 28.2. The van der Waals surface area contributed by atoms with Crippen LogP contribution in [0.5, 0.6) is 0 Å². The zero-order valence-corrected chi connectivity index (χ0v) is 7.22. The van der Waals surface area contributed by atoms with Crippen LogP contribution in [-0.2, 0) is 0 Å². The average Bonchev–Trinajstić information content (AvgIpc) is 2.13. The van der Waals surface area contributed by atoms with Gasteiger partial charge in [-0.15, -0.1) is 0 Å². The van der Waals surface area contributed by atoms with Crippen molar-refractivity contribution in [2.24, 2.45) is 5.92 Å². The van der Waals surface area contributed by atoms with Crippen molar-refractivity contribution in [2.45, 2.75) is 26.3 Å². The summed E-state index contributed by atoms with van der Waals surface area (Å²) >= 11 is 0. The third kappa shape index (κ3) is 2.27. The summed E-state index contributed by atoms with van der Waals surface area (Å²) in [6.45, 7) is 6.84. The van der Waals surface area contributed by atoms with Crippen molar-refractivity contribution in [3.05, 3.63) is 0 Å². The number of hydrogen-bond donors (Lipinski definition) is 1. The molecule has 10 heavy (non-hydrogen) atoms. The summed E-state index contributed by atoms with van der Waals surface area (Å²) < 4.78 is 0. The highest BCUT2D eigenvalue weighted by atomic mass is 15.3. The van der Waals surface area contributed by atoms with Gasteiger partial charge in [-0.3, -0.25) is 4.90 Å². The van der Waals surface area contributed by atoms with Crippen molar-refractivity contribution in [3.8, 4) is 0 Å². The molecule has 1 saturated heterocycles. The van der Waals surface area contributed by atoms with Crippen LogP contribution in [0, 0.1) is 5.92 Å². The van der Waals surface area contributed by atoms with E-state index in [2.05, 4.69) is 31.1 Å². The third-order valence-electron chi connectivity index (χ3n) is 1.94. The van der Waals surface area contributed by atoms with E-state index in [1.54, 1.807) is 0 Å². The molecule has 1 atom stereocenters. The largest absolute Gasteiger partial charge is 0.300 e. The molecule has 1 unspecified atom stereocenters. The number of likely N-dealkylation sites (N-methyl/N-ethyl adjacent to an activating group) is 1. The summed E-state index contributed by atoms with van der Waals surface area (Å²) in [6, 6.07) is 0.741. The first-order chi connectivity index (χ1) is 4.68. The Morgan fingerprint density at radius 3 is 2.70 bits per heavy atom. The molecule has 1 fully saturated rings. The standard InChI is InChI=1S/C8H18N2/c1-7(2)4-8-5-10(3)6-9-8/h7-9H,4-6H2,1-3H3. The fourth-order valence-corrected chi connectivity index (χ4v) is 1.52. The predicted octanol–water partition coefficient (Wildman–Crippen LogP) is 0.894. The number of hydrogen-bond acceptors (Lipinski definition) is 2. The fourth-order valence-electron chi connectivity index (χ4n) is 1.52. The Morgan fingerprint density at radius 1 is 1.60 bits per heavy atom.